The van der Waals surface area contributed by atoms with Crippen LogP contribution in [0, 0.1) is 0 Å². The van der Waals surface area contributed by atoms with E-state index in [4.69, 9.17) is 9.47 Å². The first kappa shape index (κ1) is 19.2. The van der Waals surface area contributed by atoms with E-state index < -0.39 is 0 Å². The summed E-state index contributed by atoms with van der Waals surface area (Å²) in [7, 11) is 3.16. The molecule has 3 rings (SSSR count). The van der Waals surface area contributed by atoms with Gasteiger partial charge in [-0.2, -0.15) is 0 Å². The van der Waals surface area contributed by atoms with Gasteiger partial charge in [-0.15, -0.1) is 0 Å². The zero-order valence-electron chi connectivity index (χ0n) is 15.8. The van der Waals surface area contributed by atoms with E-state index in [-0.39, 0.29) is 5.91 Å². The number of rotatable bonds is 8. The van der Waals surface area contributed by atoms with Crippen LogP contribution in [0.2, 0.25) is 0 Å². The highest BCUT2D eigenvalue weighted by Crippen LogP contribution is 2.27. The SMILES string of the molecule is COc1ccc(CNC(=O)c2ccnc(NCc3ccccc3)n2)cc1OC. The van der Waals surface area contributed by atoms with Gasteiger partial charge in [-0.3, -0.25) is 4.79 Å². The molecule has 0 atom stereocenters. The van der Waals surface area contributed by atoms with Gasteiger partial charge in [0.2, 0.25) is 5.95 Å². The fraction of sp³-hybridized carbons (Fsp3) is 0.190. The second-order valence-corrected chi connectivity index (χ2v) is 5.98. The summed E-state index contributed by atoms with van der Waals surface area (Å²) in [5, 5.41) is 5.98. The summed E-state index contributed by atoms with van der Waals surface area (Å²) in [6, 6.07) is 17.0. The number of aromatic nitrogens is 2. The molecule has 0 saturated heterocycles. The quantitative estimate of drug-likeness (QED) is 0.627. The predicted octanol–water partition coefficient (Wildman–Crippen LogP) is 3.04. The Morgan fingerprint density at radius 2 is 1.71 bits per heavy atom. The largest absolute Gasteiger partial charge is 0.493 e. The van der Waals surface area contributed by atoms with E-state index >= 15 is 0 Å². The molecule has 7 nitrogen and oxygen atoms in total. The number of amides is 1. The van der Waals surface area contributed by atoms with E-state index in [0.717, 1.165) is 11.1 Å². The molecule has 0 unspecified atom stereocenters. The van der Waals surface area contributed by atoms with Crippen LogP contribution in [-0.2, 0) is 13.1 Å². The molecule has 0 bridgehead atoms. The molecule has 7 heteroatoms. The molecular weight excluding hydrogens is 356 g/mol. The Bertz CT molecular complexity index is 932. The summed E-state index contributed by atoms with van der Waals surface area (Å²) in [6.07, 6.45) is 1.56. The van der Waals surface area contributed by atoms with Crippen LogP contribution >= 0.6 is 0 Å². The molecule has 28 heavy (non-hydrogen) atoms. The molecule has 0 saturated carbocycles. The van der Waals surface area contributed by atoms with Gasteiger partial charge in [0, 0.05) is 19.3 Å². The smallest absolute Gasteiger partial charge is 0.270 e. The lowest BCUT2D eigenvalue weighted by atomic mass is 10.2. The Kier molecular flexibility index (Phi) is 6.41. The van der Waals surface area contributed by atoms with Gasteiger partial charge in [-0.25, -0.2) is 9.97 Å². The van der Waals surface area contributed by atoms with Crippen LogP contribution < -0.4 is 20.1 Å². The van der Waals surface area contributed by atoms with Crippen molar-refractivity contribution >= 4 is 11.9 Å². The summed E-state index contributed by atoms with van der Waals surface area (Å²) in [5.74, 6) is 1.38. The first-order chi connectivity index (χ1) is 13.7. The Balaban J connectivity index is 1.60. The van der Waals surface area contributed by atoms with Crippen LogP contribution in [0.25, 0.3) is 0 Å². The minimum absolute atomic E-state index is 0.278. The summed E-state index contributed by atoms with van der Waals surface area (Å²) in [6.45, 7) is 0.924. The molecule has 0 aliphatic heterocycles. The molecule has 1 heterocycles. The van der Waals surface area contributed by atoms with E-state index in [0.29, 0.717) is 36.2 Å². The van der Waals surface area contributed by atoms with Crippen molar-refractivity contribution in [3.63, 3.8) is 0 Å². The second kappa shape index (κ2) is 9.36. The summed E-state index contributed by atoms with van der Waals surface area (Å²) in [4.78, 5) is 20.9. The van der Waals surface area contributed by atoms with Crippen molar-refractivity contribution in [2.45, 2.75) is 13.1 Å². The monoisotopic (exact) mass is 378 g/mol. The number of carbonyl (C=O) groups excluding carboxylic acids is 1. The molecule has 0 fully saturated rings. The van der Waals surface area contributed by atoms with Gasteiger partial charge in [0.15, 0.2) is 11.5 Å². The van der Waals surface area contributed by atoms with E-state index in [1.165, 1.54) is 0 Å². The normalized spacial score (nSPS) is 10.2. The van der Waals surface area contributed by atoms with Crippen LogP contribution in [0.3, 0.4) is 0 Å². The Morgan fingerprint density at radius 1 is 0.929 bits per heavy atom. The van der Waals surface area contributed by atoms with Gasteiger partial charge in [0.05, 0.1) is 14.2 Å². The van der Waals surface area contributed by atoms with Gasteiger partial charge >= 0.3 is 0 Å². The van der Waals surface area contributed by atoms with Crippen molar-refractivity contribution in [1.82, 2.24) is 15.3 Å². The maximum absolute atomic E-state index is 12.4. The number of benzene rings is 2. The molecule has 0 aliphatic rings. The number of methoxy groups -OCH3 is 2. The lowest BCUT2D eigenvalue weighted by molar-refractivity contribution is 0.0946. The molecular formula is C21H22N4O3. The van der Waals surface area contributed by atoms with Crippen molar-refractivity contribution < 1.29 is 14.3 Å². The zero-order chi connectivity index (χ0) is 19.8. The zero-order valence-corrected chi connectivity index (χ0v) is 15.8. The number of anilines is 1. The van der Waals surface area contributed by atoms with Crippen LogP contribution in [0.5, 0.6) is 11.5 Å². The van der Waals surface area contributed by atoms with Crippen molar-refractivity contribution in [2.24, 2.45) is 0 Å². The lowest BCUT2D eigenvalue weighted by Gasteiger charge is -2.10. The number of hydrogen-bond acceptors (Lipinski definition) is 6. The standard InChI is InChI=1S/C21H22N4O3/c1-27-18-9-8-16(12-19(18)28-2)14-23-20(26)17-10-11-22-21(25-17)24-13-15-6-4-3-5-7-15/h3-12H,13-14H2,1-2H3,(H,23,26)(H,22,24,25). The predicted molar refractivity (Wildman–Crippen MR) is 107 cm³/mol. The number of nitrogens with one attached hydrogen (secondary N) is 2. The minimum Gasteiger partial charge on any atom is -0.493 e. The Hall–Kier alpha value is -3.61. The molecule has 1 aromatic heterocycles. The third kappa shape index (κ3) is 4.97. The van der Waals surface area contributed by atoms with Crippen LogP contribution in [0.15, 0.2) is 60.8 Å². The number of carbonyl (C=O) groups is 1. The van der Waals surface area contributed by atoms with Crippen molar-refractivity contribution in [3.05, 3.63) is 77.6 Å². The van der Waals surface area contributed by atoms with Crippen molar-refractivity contribution in [1.29, 1.82) is 0 Å². The molecule has 2 aromatic carbocycles. The fourth-order valence-corrected chi connectivity index (χ4v) is 2.61. The maximum atomic E-state index is 12.4. The molecule has 0 radical (unpaired) electrons. The van der Waals surface area contributed by atoms with Gasteiger partial charge in [0.1, 0.15) is 5.69 Å². The average Bonchev–Trinajstić information content (AvgIpc) is 2.76. The lowest BCUT2D eigenvalue weighted by Crippen LogP contribution is -2.24. The van der Waals surface area contributed by atoms with Crippen molar-refractivity contribution in [2.75, 3.05) is 19.5 Å². The highest BCUT2D eigenvalue weighted by molar-refractivity contribution is 5.92. The van der Waals surface area contributed by atoms with Gasteiger partial charge in [-0.05, 0) is 29.3 Å². The number of ether oxygens (including phenoxy) is 2. The molecule has 2 N–H and O–H groups in total. The molecule has 3 aromatic rings. The number of hydrogen-bond donors (Lipinski definition) is 2. The molecule has 1 amide bonds. The fourth-order valence-electron chi connectivity index (χ4n) is 2.61. The maximum Gasteiger partial charge on any atom is 0.270 e. The van der Waals surface area contributed by atoms with Gasteiger partial charge < -0.3 is 20.1 Å². The Labute approximate surface area is 163 Å². The van der Waals surface area contributed by atoms with Gasteiger partial charge in [-0.1, -0.05) is 36.4 Å². The van der Waals surface area contributed by atoms with Crippen LogP contribution in [0.1, 0.15) is 21.6 Å². The summed E-state index contributed by atoms with van der Waals surface area (Å²) >= 11 is 0. The molecule has 0 aliphatic carbocycles. The van der Waals surface area contributed by atoms with E-state index in [9.17, 15) is 4.79 Å². The highest BCUT2D eigenvalue weighted by atomic mass is 16.5. The summed E-state index contributed by atoms with van der Waals surface area (Å²) < 4.78 is 10.5. The van der Waals surface area contributed by atoms with E-state index in [1.54, 1.807) is 32.5 Å². The second-order valence-electron chi connectivity index (χ2n) is 5.98. The van der Waals surface area contributed by atoms with E-state index in [2.05, 4.69) is 20.6 Å². The third-order valence-corrected chi connectivity index (χ3v) is 4.08. The van der Waals surface area contributed by atoms with Crippen LogP contribution in [-0.4, -0.2) is 30.1 Å². The first-order valence-electron chi connectivity index (χ1n) is 8.79. The van der Waals surface area contributed by atoms with Crippen LogP contribution in [0.4, 0.5) is 5.95 Å². The van der Waals surface area contributed by atoms with Crippen molar-refractivity contribution in [3.8, 4) is 11.5 Å². The topological polar surface area (TPSA) is 85.4 Å². The number of nitrogens with zero attached hydrogens (tertiary/aromatic N) is 2. The third-order valence-electron chi connectivity index (χ3n) is 4.08. The first-order valence-corrected chi connectivity index (χ1v) is 8.79. The Morgan fingerprint density at radius 3 is 2.46 bits per heavy atom. The molecule has 144 valence electrons. The van der Waals surface area contributed by atoms with E-state index in [1.807, 2.05) is 42.5 Å². The summed E-state index contributed by atoms with van der Waals surface area (Å²) in [5.41, 5.74) is 2.29. The average molecular weight is 378 g/mol. The highest BCUT2D eigenvalue weighted by Gasteiger charge is 2.10. The minimum atomic E-state index is -0.278. The van der Waals surface area contributed by atoms with Gasteiger partial charge in [0.25, 0.3) is 5.91 Å². The molecule has 0 spiro atoms.